The van der Waals surface area contributed by atoms with Crippen LogP contribution in [-0.2, 0) is 9.53 Å². The van der Waals surface area contributed by atoms with E-state index >= 15 is 0 Å². The van der Waals surface area contributed by atoms with Gasteiger partial charge in [0, 0.05) is 11.8 Å². The summed E-state index contributed by atoms with van der Waals surface area (Å²) >= 11 is 0. The summed E-state index contributed by atoms with van der Waals surface area (Å²) in [5.41, 5.74) is 5.11. The maximum Gasteiger partial charge on any atom is 0.351 e. The van der Waals surface area contributed by atoms with Gasteiger partial charge >= 0.3 is 5.69 Å². The van der Waals surface area contributed by atoms with Crippen LogP contribution in [0.4, 0.5) is 5.82 Å². The number of nitrogen functional groups attached to an aromatic ring is 1. The van der Waals surface area contributed by atoms with Crippen LogP contribution in [0.25, 0.3) is 6.08 Å². The SMILES string of the molecule is CC(=O)/C=C/c1cn([C@@H]2O[C@H](CO)[C@@H](O)[C@@H]2O)c(=O)nc1N. The molecule has 0 radical (unpaired) electrons. The minimum atomic E-state index is -1.41. The van der Waals surface area contributed by atoms with Crippen molar-refractivity contribution < 1.29 is 24.9 Å². The van der Waals surface area contributed by atoms with E-state index in [-0.39, 0.29) is 17.2 Å². The Morgan fingerprint density at radius 2 is 2.18 bits per heavy atom. The predicted octanol–water partition coefficient (Wildman–Crippen LogP) is -1.96. The lowest BCUT2D eigenvalue weighted by Gasteiger charge is -2.18. The molecule has 1 aromatic heterocycles. The molecule has 0 amide bonds. The second kappa shape index (κ2) is 6.36. The fourth-order valence-electron chi connectivity index (χ4n) is 2.12. The van der Waals surface area contributed by atoms with Gasteiger partial charge in [0.05, 0.1) is 6.61 Å². The maximum atomic E-state index is 11.9. The van der Waals surface area contributed by atoms with Crippen LogP contribution < -0.4 is 11.4 Å². The smallest absolute Gasteiger partial charge is 0.351 e. The van der Waals surface area contributed by atoms with Crippen molar-refractivity contribution in [3.05, 3.63) is 28.3 Å². The lowest BCUT2D eigenvalue weighted by molar-refractivity contribution is -0.112. The van der Waals surface area contributed by atoms with E-state index in [1.54, 1.807) is 0 Å². The summed E-state index contributed by atoms with van der Waals surface area (Å²) in [7, 11) is 0. The van der Waals surface area contributed by atoms with Gasteiger partial charge in [0.1, 0.15) is 24.1 Å². The van der Waals surface area contributed by atoms with Crippen molar-refractivity contribution in [2.75, 3.05) is 12.3 Å². The molecule has 0 unspecified atom stereocenters. The number of ether oxygens (including phenoxy) is 1. The third-order valence-electron chi connectivity index (χ3n) is 3.30. The van der Waals surface area contributed by atoms with E-state index in [4.69, 9.17) is 15.6 Å². The molecule has 9 nitrogen and oxygen atoms in total. The Morgan fingerprint density at radius 1 is 1.50 bits per heavy atom. The summed E-state index contributed by atoms with van der Waals surface area (Å²) in [6.07, 6.45) is -1.08. The van der Waals surface area contributed by atoms with Gasteiger partial charge in [0.2, 0.25) is 0 Å². The van der Waals surface area contributed by atoms with Crippen molar-refractivity contribution in [3.63, 3.8) is 0 Å². The molecule has 1 saturated heterocycles. The Kier molecular flexibility index (Phi) is 4.71. The molecular weight excluding hydrogens is 294 g/mol. The number of allylic oxidation sites excluding steroid dienone is 1. The van der Waals surface area contributed by atoms with Gasteiger partial charge in [-0.05, 0) is 19.1 Å². The first kappa shape index (κ1) is 16.3. The minimum Gasteiger partial charge on any atom is -0.394 e. The van der Waals surface area contributed by atoms with Crippen LogP contribution in [0.1, 0.15) is 18.7 Å². The number of ketones is 1. The Balaban J connectivity index is 2.41. The number of hydrogen-bond acceptors (Lipinski definition) is 8. The Bertz CT molecular complexity index is 656. The van der Waals surface area contributed by atoms with Crippen LogP contribution >= 0.6 is 0 Å². The molecule has 0 aromatic carbocycles. The molecule has 2 heterocycles. The largest absolute Gasteiger partial charge is 0.394 e. The number of rotatable bonds is 4. The standard InChI is InChI=1S/C13H17N3O6/c1-6(18)2-3-7-4-16(13(21)15-11(7)14)12-10(20)9(19)8(5-17)22-12/h2-4,8-10,12,17,19-20H,5H2,1H3,(H2,14,15,21)/b3-2+/t8-,9-,10+,12-/m1/s1. The maximum absolute atomic E-state index is 11.9. The van der Waals surface area contributed by atoms with Gasteiger partial charge in [-0.15, -0.1) is 0 Å². The summed E-state index contributed by atoms with van der Waals surface area (Å²) in [6.45, 7) is 0.838. The summed E-state index contributed by atoms with van der Waals surface area (Å²) in [6, 6.07) is 0. The van der Waals surface area contributed by atoms with Gasteiger partial charge < -0.3 is 25.8 Å². The van der Waals surface area contributed by atoms with Gasteiger partial charge in [-0.1, -0.05) is 0 Å². The summed E-state index contributed by atoms with van der Waals surface area (Å²) in [5, 5.41) is 28.7. The highest BCUT2D eigenvalue weighted by molar-refractivity contribution is 5.92. The van der Waals surface area contributed by atoms with Gasteiger partial charge in [-0.25, -0.2) is 4.79 Å². The molecule has 2 rings (SSSR count). The van der Waals surface area contributed by atoms with Gasteiger partial charge in [0.25, 0.3) is 0 Å². The van der Waals surface area contributed by atoms with E-state index in [1.807, 2.05) is 0 Å². The molecule has 4 atom stereocenters. The van der Waals surface area contributed by atoms with Crippen molar-refractivity contribution in [1.82, 2.24) is 9.55 Å². The van der Waals surface area contributed by atoms with E-state index in [0.717, 1.165) is 4.57 Å². The zero-order chi connectivity index (χ0) is 16.4. The zero-order valence-corrected chi connectivity index (χ0v) is 11.8. The first-order valence-corrected chi connectivity index (χ1v) is 6.55. The number of anilines is 1. The van der Waals surface area contributed by atoms with Crippen LogP contribution in [0.2, 0.25) is 0 Å². The third-order valence-corrected chi connectivity index (χ3v) is 3.30. The molecule has 120 valence electrons. The zero-order valence-electron chi connectivity index (χ0n) is 11.8. The van der Waals surface area contributed by atoms with E-state index in [9.17, 15) is 19.8 Å². The average Bonchev–Trinajstić information content (AvgIpc) is 2.74. The second-order valence-electron chi connectivity index (χ2n) is 4.94. The molecule has 1 aromatic rings. The number of carbonyl (C=O) groups excluding carboxylic acids is 1. The molecule has 1 aliphatic heterocycles. The Morgan fingerprint density at radius 3 is 2.73 bits per heavy atom. The predicted molar refractivity (Wildman–Crippen MR) is 75.6 cm³/mol. The van der Waals surface area contributed by atoms with Gasteiger partial charge in [-0.3, -0.25) is 9.36 Å². The van der Waals surface area contributed by atoms with Crippen LogP contribution in [0.15, 0.2) is 17.1 Å². The van der Waals surface area contributed by atoms with Crippen molar-refractivity contribution in [2.45, 2.75) is 31.5 Å². The quantitative estimate of drug-likeness (QED) is 0.468. The number of aromatic nitrogens is 2. The van der Waals surface area contributed by atoms with Gasteiger partial charge in [-0.2, -0.15) is 4.98 Å². The first-order chi connectivity index (χ1) is 10.3. The summed E-state index contributed by atoms with van der Waals surface area (Å²) in [4.78, 5) is 26.5. The highest BCUT2D eigenvalue weighted by Crippen LogP contribution is 2.28. The van der Waals surface area contributed by atoms with Gasteiger partial charge in [0.15, 0.2) is 12.0 Å². The van der Waals surface area contributed by atoms with E-state index in [2.05, 4.69) is 4.98 Å². The molecule has 0 aliphatic carbocycles. The molecule has 1 aliphatic rings. The monoisotopic (exact) mass is 311 g/mol. The first-order valence-electron chi connectivity index (χ1n) is 6.55. The Hall–Kier alpha value is -2.07. The fourth-order valence-corrected chi connectivity index (χ4v) is 2.12. The lowest BCUT2D eigenvalue weighted by Crippen LogP contribution is -2.36. The molecular formula is C13H17N3O6. The topological polar surface area (TPSA) is 148 Å². The number of nitrogens with zero attached hydrogens (tertiary/aromatic N) is 2. The van der Waals surface area contributed by atoms with Crippen LogP contribution in [0, 0.1) is 0 Å². The van der Waals surface area contributed by atoms with Crippen LogP contribution in [0.5, 0.6) is 0 Å². The average molecular weight is 311 g/mol. The van der Waals surface area contributed by atoms with E-state index in [1.165, 1.54) is 25.3 Å². The molecule has 1 fully saturated rings. The number of carbonyl (C=O) groups is 1. The molecule has 5 N–H and O–H groups in total. The summed E-state index contributed by atoms with van der Waals surface area (Å²) in [5.74, 6) is -0.296. The fraction of sp³-hybridized carbons (Fsp3) is 0.462. The minimum absolute atomic E-state index is 0.0782. The lowest BCUT2D eigenvalue weighted by atomic mass is 10.1. The van der Waals surface area contributed by atoms with E-state index in [0.29, 0.717) is 0 Å². The molecule has 0 spiro atoms. The number of aliphatic hydroxyl groups excluding tert-OH is 3. The number of nitrogens with two attached hydrogens (primary N) is 1. The third kappa shape index (κ3) is 3.07. The second-order valence-corrected chi connectivity index (χ2v) is 4.94. The summed E-state index contributed by atoms with van der Waals surface area (Å²) < 4.78 is 6.22. The molecule has 9 heteroatoms. The van der Waals surface area contributed by atoms with Crippen molar-refractivity contribution in [3.8, 4) is 0 Å². The van der Waals surface area contributed by atoms with Crippen LogP contribution in [0.3, 0.4) is 0 Å². The van der Waals surface area contributed by atoms with Crippen LogP contribution in [-0.4, -0.2) is 55.6 Å². The highest BCUT2D eigenvalue weighted by atomic mass is 16.6. The highest BCUT2D eigenvalue weighted by Gasteiger charge is 2.43. The number of hydrogen-bond donors (Lipinski definition) is 4. The van der Waals surface area contributed by atoms with Crippen molar-refractivity contribution >= 4 is 17.7 Å². The molecule has 22 heavy (non-hydrogen) atoms. The molecule has 0 saturated carbocycles. The van der Waals surface area contributed by atoms with Crippen molar-refractivity contribution in [2.24, 2.45) is 0 Å². The number of aliphatic hydroxyl groups is 3. The Labute approximate surface area is 125 Å². The van der Waals surface area contributed by atoms with Crippen molar-refractivity contribution in [1.29, 1.82) is 0 Å². The normalized spacial score (nSPS) is 28.4. The molecule has 0 bridgehead atoms. The van der Waals surface area contributed by atoms with E-state index < -0.39 is 36.8 Å².